The number of amidine groups is 1. The first kappa shape index (κ1) is 22.9. The summed E-state index contributed by atoms with van der Waals surface area (Å²) >= 11 is 1.49. The fourth-order valence-electron chi connectivity index (χ4n) is 4.15. The van der Waals surface area contributed by atoms with Crippen molar-refractivity contribution < 1.29 is 0 Å². The van der Waals surface area contributed by atoms with E-state index < -0.39 is 0 Å². The highest BCUT2D eigenvalue weighted by Crippen LogP contribution is 2.40. The van der Waals surface area contributed by atoms with E-state index >= 15 is 0 Å². The zero-order valence-electron chi connectivity index (χ0n) is 19.4. The fraction of sp³-hybridized carbons (Fsp3) is 0.214. The van der Waals surface area contributed by atoms with E-state index in [1.165, 1.54) is 39.7 Å². The van der Waals surface area contributed by atoms with Gasteiger partial charge in [0, 0.05) is 23.5 Å². The fourth-order valence-corrected chi connectivity index (χ4v) is 4.76. The summed E-state index contributed by atoms with van der Waals surface area (Å²) in [4.78, 5) is 2.46. The molecular formula is C28H30N4S. The van der Waals surface area contributed by atoms with Gasteiger partial charge in [-0.3, -0.25) is 0 Å². The molecule has 4 rings (SSSR count). The highest BCUT2D eigenvalue weighted by atomic mass is 32.2. The van der Waals surface area contributed by atoms with E-state index in [0.717, 1.165) is 17.9 Å². The Labute approximate surface area is 200 Å². The molecular weight excluding hydrogens is 424 g/mol. The zero-order chi connectivity index (χ0) is 23.3. The van der Waals surface area contributed by atoms with Crippen molar-refractivity contribution >= 4 is 34.4 Å². The minimum Gasteiger partial charge on any atom is -0.377 e. The van der Waals surface area contributed by atoms with Crippen LogP contribution < -0.4 is 10.6 Å². The molecule has 2 N–H and O–H groups in total. The summed E-state index contributed by atoms with van der Waals surface area (Å²) in [6, 6.07) is 27.3. The van der Waals surface area contributed by atoms with E-state index in [1.54, 1.807) is 6.21 Å². The van der Waals surface area contributed by atoms with Crippen LogP contribution in [0.4, 0.5) is 5.69 Å². The van der Waals surface area contributed by atoms with Crippen LogP contribution in [0.1, 0.15) is 43.0 Å². The number of fused-ring (bicyclic) bond motifs is 1. The number of allylic oxidation sites excluding steroid dienone is 1. The summed E-state index contributed by atoms with van der Waals surface area (Å²) in [5.74, 6) is 0.779. The number of hydrogen-bond acceptors (Lipinski definition) is 4. The molecule has 0 saturated heterocycles. The topological polar surface area (TPSA) is 54.0 Å². The first-order valence-corrected chi connectivity index (χ1v) is 12.1. The lowest BCUT2D eigenvalue weighted by atomic mass is 9.87. The molecule has 4 nitrogen and oxygen atoms in total. The molecule has 0 atom stereocenters. The van der Waals surface area contributed by atoms with Crippen molar-refractivity contribution in [3.8, 4) is 0 Å². The molecule has 0 saturated carbocycles. The number of hydrogen-bond donors (Lipinski definition) is 1. The number of nitrogens with zero attached hydrogens (tertiary/aromatic N) is 3. The molecule has 3 aromatic carbocycles. The molecule has 0 aromatic heterocycles. The minimum atomic E-state index is -0.0722. The summed E-state index contributed by atoms with van der Waals surface area (Å²) in [7, 11) is 0. The molecule has 0 aliphatic carbocycles. The van der Waals surface area contributed by atoms with Gasteiger partial charge in [-0.1, -0.05) is 84.6 Å². The SMILES string of the molecule is CC1=CC(C)(C)N(Cc2ccccc2)c2ccc(C=NN=C(N)SCc3ccccc3)cc21. The molecule has 3 aromatic rings. The lowest BCUT2D eigenvalue weighted by Gasteiger charge is -2.43. The summed E-state index contributed by atoms with van der Waals surface area (Å²) in [5.41, 5.74) is 13.2. The van der Waals surface area contributed by atoms with Crippen molar-refractivity contribution in [2.45, 2.75) is 38.6 Å². The van der Waals surface area contributed by atoms with Gasteiger partial charge in [0.1, 0.15) is 0 Å². The predicted molar refractivity (Wildman–Crippen MR) is 144 cm³/mol. The van der Waals surface area contributed by atoms with Gasteiger partial charge in [0.05, 0.1) is 11.8 Å². The van der Waals surface area contributed by atoms with Crippen LogP contribution in [-0.2, 0) is 12.3 Å². The maximum absolute atomic E-state index is 6.02. The molecule has 33 heavy (non-hydrogen) atoms. The van der Waals surface area contributed by atoms with Crippen molar-refractivity contribution in [3.63, 3.8) is 0 Å². The molecule has 168 valence electrons. The molecule has 1 aliphatic heterocycles. The Morgan fingerprint density at radius 3 is 2.33 bits per heavy atom. The van der Waals surface area contributed by atoms with E-state index in [9.17, 15) is 0 Å². The van der Waals surface area contributed by atoms with E-state index in [-0.39, 0.29) is 5.54 Å². The Balaban J connectivity index is 1.50. The Hall–Kier alpha value is -3.31. The molecule has 0 bridgehead atoms. The lowest BCUT2D eigenvalue weighted by molar-refractivity contribution is 0.552. The summed E-state index contributed by atoms with van der Waals surface area (Å²) in [6.07, 6.45) is 4.11. The number of anilines is 1. The molecule has 0 fully saturated rings. The molecule has 0 amide bonds. The monoisotopic (exact) mass is 454 g/mol. The van der Waals surface area contributed by atoms with Crippen molar-refractivity contribution in [3.05, 3.63) is 107 Å². The molecule has 0 radical (unpaired) electrons. The van der Waals surface area contributed by atoms with Gasteiger partial charge in [-0.05, 0) is 55.2 Å². The van der Waals surface area contributed by atoms with Gasteiger partial charge in [-0.15, -0.1) is 5.10 Å². The summed E-state index contributed by atoms with van der Waals surface area (Å²) < 4.78 is 0. The first-order chi connectivity index (χ1) is 15.9. The van der Waals surface area contributed by atoms with Gasteiger partial charge in [-0.2, -0.15) is 5.10 Å². The number of thioether (sulfide) groups is 1. The third-order valence-electron chi connectivity index (χ3n) is 5.78. The molecule has 1 heterocycles. The Kier molecular flexibility index (Phi) is 6.99. The molecule has 0 unspecified atom stereocenters. The number of benzene rings is 3. The van der Waals surface area contributed by atoms with Gasteiger partial charge in [0.25, 0.3) is 0 Å². The second-order valence-corrected chi connectivity index (χ2v) is 9.78. The third kappa shape index (κ3) is 5.74. The van der Waals surface area contributed by atoms with Gasteiger partial charge in [-0.25, -0.2) is 0 Å². The van der Waals surface area contributed by atoms with Gasteiger partial charge < -0.3 is 10.6 Å². The van der Waals surface area contributed by atoms with Gasteiger partial charge in [0.2, 0.25) is 0 Å². The van der Waals surface area contributed by atoms with Crippen LogP contribution in [0.25, 0.3) is 5.57 Å². The molecule has 0 spiro atoms. The number of rotatable bonds is 6. The zero-order valence-corrected chi connectivity index (χ0v) is 20.2. The van der Waals surface area contributed by atoms with E-state index in [0.29, 0.717) is 5.17 Å². The standard InChI is InChI=1S/C28H30N4S/c1-21-17-28(2,3)32(19-22-10-6-4-7-11-22)26-15-14-24(16-25(21)26)18-30-31-27(29)33-20-23-12-8-5-9-13-23/h4-18H,19-20H2,1-3H3,(H2,29,31). The maximum atomic E-state index is 6.02. The Morgan fingerprint density at radius 2 is 1.64 bits per heavy atom. The predicted octanol–water partition coefficient (Wildman–Crippen LogP) is 6.47. The van der Waals surface area contributed by atoms with Crippen LogP contribution >= 0.6 is 11.8 Å². The highest BCUT2D eigenvalue weighted by molar-refractivity contribution is 8.13. The van der Waals surface area contributed by atoms with Crippen LogP contribution in [0, 0.1) is 0 Å². The second-order valence-electron chi connectivity index (χ2n) is 8.79. The van der Waals surface area contributed by atoms with Gasteiger partial charge in [0.15, 0.2) is 5.17 Å². The normalized spacial score (nSPS) is 15.4. The van der Waals surface area contributed by atoms with Crippen LogP contribution in [0.15, 0.2) is 95.1 Å². The van der Waals surface area contributed by atoms with Crippen molar-refractivity contribution in [2.75, 3.05) is 4.90 Å². The first-order valence-electron chi connectivity index (χ1n) is 11.1. The smallest absolute Gasteiger partial charge is 0.180 e. The average Bonchev–Trinajstić information content (AvgIpc) is 2.81. The Bertz CT molecular complexity index is 1180. The van der Waals surface area contributed by atoms with E-state index in [4.69, 9.17) is 5.73 Å². The molecule has 1 aliphatic rings. The average molecular weight is 455 g/mol. The maximum Gasteiger partial charge on any atom is 0.180 e. The Morgan fingerprint density at radius 1 is 0.970 bits per heavy atom. The van der Waals surface area contributed by atoms with Crippen molar-refractivity contribution in [1.29, 1.82) is 0 Å². The quantitative estimate of drug-likeness (QED) is 0.264. The highest BCUT2D eigenvalue weighted by Gasteiger charge is 2.31. The van der Waals surface area contributed by atoms with Crippen LogP contribution in [-0.4, -0.2) is 16.9 Å². The number of nitrogens with two attached hydrogens (primary N) is 1. The summed E-state index contributed by atoms with van der Waals surface area (Å²) in [6.45, 7) is 7.57. The van der Waals surface area contributed by atoms with E-state index in [1.807, 2.05) is 18.2 Å². The summed E-state index contributed by atoms with van der Waals surface area (Å²) in [5, 5.41) is 8.85. The van der Waals surface area contributed by atoms with E-state index in [2.05, 4.69) is 103 Å². The van der Waals surface area contributed by atoms with Crippen LogP contribution in [0.5, 0.6) is 0 Å². The lowest BCUT2D eigenvalue weighted by Crippen LogP contribution is -2.44. The van der Waals surface area contributed by atoms with Crippen LogP contribution in [0.2, 0.25) is 0 Å². The minimum absolute atomic E-state index is 0.0722. The second kappa shape index (κ2) is 10.1. The largest absolute Gasteiger partial charge is 0.377 e. The van der Waals surface area contributed by atoms with Crippen molar-refractivity contribution in [1.82, 2.24) is 0 Å². The van der Waals surface area contributed by atoms with Crippen molar-refractivity contribution in [2.24, 2.45) is 15.9 Å². The third-order valence-corrected chi connectivity index (χ3v) is 6.63. The van der Waals surface area contributed by atoms with Crippen LogP contribution in [0.3, 0.4) is 0 Å². The van der Waals surface area contributed by atoms with Gasteiger partial charge >= 0.3 is 0 Å². The molecule has 5 heteroatoms.